The van der Waals surface area contributed by atoms with Gasteiger partial charge in [0, 0.05) is 38.9 Å². The van der Waals surface area contributed by atoms with Gasteiger partial charge in [0.25, 0.3) is 0 Å². The molecule has 0 bridgehead atoms. The Labute approximate surface area is 104 Å². The maximum absolute atomic E-state index is 10.8. The van der Waals surface area contributed by atoms with Crippen LogP contribution < -0.4 is 5.32 Å². The zero-order valence-corrected chi connectivity index (χ0v) is 10.1. The smallest absolute Gasteiger partial charge is 0.311 e. The highest BCUT2D eigenvalue weighted by Crippen LogP contribution is 2.25. The van der Waals surface area contributed by atoms with E-state index in [1.807, 2.05) is 0 Å². The Hall–Kier alpha value is -1.73. The summed E-state index contributed by atoms with van der Waals surface area (Å²) in [4.78, 5) is 14.4. The van der Waals surface area contributed by atoms with Gasteiger partial charge in [0.05, 0.1) is 11.5 Å². The average Bonchev–Trinajstić information content (AvgIpc) is 2.86. The van der Waals surface area contributed by atoms with Crippen molar-refractivity contribution < 1.29 is 14.4 Å². The summed E-state index contributed by atoms with van der Waals surface area (Å²) in [6.45, 7) is 1.55. The lowest BCUT2D eigenvalue weighted by atomic mass is 10.0. The standard InChI is InChI=1S/C11H15N3O4/c1-17-11(4-6-18-8-11)7-13-10-9(14(15)16)3-2-5-12-10/h2-3,5H,4,6-8H2,1H3,(H,12,13). The number of anilines is 1. The first-order valence-corrected chi connectivity index (χ1v) is 5.63. The van der Waals surface area contributed by atoms with Crippen LogP contribution in [0.1, 0.15) is 6.42 Å². The zero-order valence-electron chi connectivity index (χ0n) is 10.1. The van der Waals surface area contributed by atoms with Gasteiger partial charge in [-0.15, -0.1) is 0 Å². The van der Waals surface area contributed by atoms with Gasteiger partial charge < -0.3 is 14.8 Å². The summed E-state index contributed by atoms with van der Waals surface area (Å²) < 4.78 is 10.7. The maximum atomic E-state index is 10.8. The predicted molar refractivity (Wildman–Crippen MR) is 64.6 cm³/mol. The van der Waals surface area contributed by atoms with Gasteiger partial charge in [-0.1, -0.05) is 0 Å². The second-order valence-electron chi connectivity index (χ2n) is 4.17. The maximum Gasteiger partial charge on any atom is 0.311 e. The number of ether oxygens (including phenoxy) is 2. The molecule has 0 aromatic carbocycles. The molecule has 98 valence electrons. The Balaban J connectivity index is 2.08. The van der Waals surface area contributed by atoms with Crippen molar-refractivity contribution in [3.63, 3.8) is 0 Å². The van der Waals surface area contributed by atoms with Crippen LogP contribution in [0.2, 0.25) is 0 Å². The molecule has 2 rings (SSSR count). The van der Waals surface area contributed by atoms with Crippen LogP contribution >= 0.6 is 0 Å². The SMILES string of the molecule is COC1(CNc2ncccc2[N+](=O)[O-])CCOC1. The molecular formula is C11H15N3O4. The normalized spacial score (nSPS) is 22.9. The highest BCUT2D eigenvalue weighted by atomic mass is 16.6. The number of rotatable bonds is 5. The van der Waals surface area contributed by atoms with Crippen molar-refractivity contribution in [3.05, 3.63) is 28.4 Å². The van der Waals surface area contributed by atoms with E-state index in [-0.39, 0.29) is 11.5 Å². The predicted octanol–water partition coefficient (Wildman–Crippen LogP) is 1.21. The molecule has 1 aliphatic rings. The third-order valence-electron chi connectivity index (χ3n) is 3.06. The van der Waals surface area contributed by atoms with Gasteiger partial charge >= 0.3 is 5.69 Å². The molecule has 7 nitrogen and oxygen atoms in total. The summed E-state index contributed by atoms with van der Waals surface area (Å²) in [5.74, 6) is 0.255. The van der Waals surface area contributed by atoms with Gasteiger partial charge in [-0.25, -0.2) is 4.98 Å². The zero-order chi connectivity index (χ0) is 13.0. The van der Waals surface area contributed by atoms with Crippen molar-refractivity contribution in [1.29, 1.82) is 0 Å². The molecule has 0 amide bonds. The van der Waals surface area contributed by atoms with E-state index in [1.54, 1.807) is 7.11 Å². The lowest BCUT2D eigenvalue weighted by Crippen LogP contribution is -2.39. The monoisotopic (exact) mass is 253 g/mol. The highest BCUT2D eigenvalue weighted by molar-refractivity contribution is 5.55. The minimum atomic E-state index is -0.458. The van der Waals surface area contributed by atoms with Crippen molar-refractivity contribution in [2.75, 3.05) is 32.2 Å². The fourth-order valence-electron chi connectivity index (χ4n) is 1.89. The molecule has 2 heterocycles. The van der Waals surface area contributed by atoms with Gasteiger partial charge in [0.2, 0.25) is 5.82 Å². The molecule has 1 fully saturated rings. The molecule has 0 spiro atoms. The molecule has 1 saturated heterocycles. The van der Waals surface area contributed by atoms with Crippen molar-refractivity contribution in [3.8, 4) is 0 Å². The van der Waals surface area contributed by atoms with Crippen LogP contribution in [0.3, 0.4) is 0 Å². The second-order valence-corrected chi connectivity index (χ2v) is 4.17. The molecule has 1 atom stereocenters. The summed E-state index contributed by atoms with van der Waals surface area (Å²) >= 11 is 0. The van der Waals surface area contributed by atoms with Gasteiger partial charge in [0.15, 0.2) is 0 Å². The van der Waals surface area contributed by atoms with Crippen molar-refractivity contribution in [1.82, 2.24) is 4.98 Å². The largest absolute Gasteiger partial charge is 0.378 e. The van der Waals surface area contributed by atoms with E-state index in [1.165, 1.54) is 18.3 Å². The highest BCUT2D eigenvalue weighted by Gasteiger charge is 2.35. The number of nitrogens with one attached hydrogen (secondary N) is 1. The quantitative estimate of drug-likeness (QED) is 0.627. The lowest BCUT2D eigenvalue weighted by Gasteiger charge is -2.25. The van der Waals surface area contributed by atoms with Crippen LogP contribution in [0.5, 0.6) is 0 Å². The van der Waals surface area contributed by atoms with Crippen LogP contribution in [-0.2, 0) is 9.47 Å². The lowest BCUT2D eigenvalue weighted by molar-refractivity contribution is -0.384. The topological polar surface area (TPSA) is 86.5 Å². The average molecular weight is 253 g/mol. The molecule has 7 heteroatoms. The molecular weight excluding hydrogens is 238 g/mol. The summed E-state index contributed by atoms with van der Waals surface area (Å²) in [5.41, 5.74) is -0.464. The Morgan fingerprint density at radius 2 is 2.56 bits per heavy atom. The molecule has 1 aliphatic heterocycles. The first kappa shape index (κ1) is 12.7. The molecule has 0 saturated carbocycles. The number of nitrogens with zero attached hydrogens (tertiary/aromatic N) is 2. The van der Waals surface area contributed by atoms with E-state index in [4.69, 9.17) is 9.47 Å². The number of methoxy groups -OCH3 is 1. The van der Waals surface area contributed by atoms with E-state index in [2.05, 4.69) is 10.3 Å². The third-order valence-corrected chi connectivity index (χ3v) is 3.06. The van der Waals surface area contributed by atoms with Crippen LogP contribution in [0.4, 0.5) is 11.5 Å². The first-order valence-electron chi connectivity index (χ1n) is 5.63. The molecule has 1 aromatic rings. The van der Waals surface area contributed by atoms with E-state index >= 15 is 0 Å². The fourth-order valence-corrected chi connectivity index (χ4v) is 1.89. The second kappa shape index (κ2) is 5.28. The summed E-state index contributed by atoms with van der Waals surface area (Å²) in [5, 5.41) is 13.8. The molecule has 1 aromatic heterocycles. The van der Waals surface area contributed by atoms with Gasteiger partial charge in [0.1, 0.15) is 5.60 Å². The third kappa shape index (κ3) is 2.57. The van der Waals surface area contributed by atoms with Gasteiger partial charge in [-0.05, 0) is 6.07 Å². The van der Waals surface area contributed by atoms with Crippen LogP contribution in [0, 0.1) is 10.1 Å². The Kier molecular flexibility index (Phi) is 3.73. The van der Waals surface area contributed by atoms with Crippen LogP contribution in [0.15, 0.2) is 18.3 Å². The molecule has 1 unspecified atom stereocenters. The number of hydrogen-bond acceptors (Lipinski definition) is 6. The summed E-state index contributed by atoms with van der Waals surface area (Å²) in [6.07, 6.45) is 2.27. The Morgan fingerprint density at radius 1 is 1.72 bits per heavy atom. The molecule has 0 radical (unpaired) electrons. The van der Waals surface area contributed by atoms with Crippen LogP contribution in [0.25, 0.3) is 0 Å². The van der Waals surface area contributed by atoms with E-state index in [9.17, 15) is 10.1 Å². The van der Waals surface area contributed by atoms with Crippen molar-refractivity contribution in [2.45, 2.75) is 12.0 Å². The minimum Gasteiger partial charge on any atom is -0.378 e. The van der Waals surface area contributed by atoms with Gasteiger partial charge in [-0.2, -0.15) is 0 Å². The van der Waals surface area contributed by atoms with E-state index in [0.29, 0.717) is 19.8 Å². The number of hydrogen-bond donors (Lipinski definition) is 1. The minimum absolute atomic E-state index is 0.0392. The molecule has 1 N–H and O–H groups in total. The molecule has 18 heavy (non-hydrogen) atoms. The number of pyridine rings is 1. The number of aromatic nitrogens is 1. The van der Waals surface area contributed by atoms with Crippen molar-refractivity contribution >= 4 is 11.5 Å². The summed E-state index contributed by atoms with van der Waals surface area (Å²) in [6, 6.07) is 2.95. The Bertz CT molecular complexity index is 432. The van der Waals surface area contributed by atoms with E-state index in [0.717, 1.165) is 6.42 Å². The van der Waals surface area contributed by atoms with Crippen LogP contribution in [-0.4, -0.2) is 42.4 Å². The van der Waals surface area contributed by atoms with E-state index < -0.39 is 10.5 Å². The number of nitro groups is 1. The van der Waals surface area contributed by atoms with Crippen molar-refractivity contribution in [2.24, 2.45) is 0 Å². The first-order chi connectivity index (χ1) is 8.67. The molecule has 0 aliphatic carbocycles. The van der Waals surface area contributed by atoms with Gasteiger partial charge in [-0.3, -0.25) is 10.1 Å². The Morgan fingerprint density at radius 3 is 3.17 bits per heavy atom. The summed E-state index contributed by atoms with van der Waals surface area (Å²) in [7, 11) is 1.61. The fraction of sp³-hybridized carbons (Fsp3) is 0.545.